The Balaban J connectivity index is 2.36. The van der Waals surface area contributed by atoms with Crippen LogP contribution in [0.5, 0.6) is 0 Å². The van der Waals surface area contributed by atoms with Gasteiger partial charge in [0, 0.05) is 4.47 Å². The van der Waals surface area contributed by atoms with Gasteiger partial charge in [0.1, 0.15) is 0 Å². The zero-order valence-corrected chi connectivity index (χ0v) is 9.77. The number of rotatable bonds is 5. The van der Waals surface area contributed by atoms with Crippen molar-refractivity contribution in [1.29, 1.82) is 0 Å². The van der Waals surface area contributed by atoms with E-state index in [1.54, 1.807) is 0 Å². The first-order valence-corrected chi connectivity index (χ1v) is 5.51. The van der Waals surface area contributed by atoms with E-state index >= 15 is 0 Å². The van der Waals surface area contributed by atoms with E-state index in [0.717, 1.165) is 10.0 Å². The standard InChI is InChI=1S/C11H13BrO3/c12-9-4-1-8(2-5-9)3-6-10(13)7-11(14)15/h1-2,4-5,10,13H,3,6-7H2,(H,14,15)/t10-/m0/s1. The summed E-state index contributed by atoms with van der Waals surface area (Å²) in [5.74, 6) is -0.960. The summed E-state index contributed by atoms with van der Waals surface area (Å²) in [6, 6.07) is 7.77. The molecule has 0 aliphatic carbocycles. The van der Waals surface area contributed by atoms with Gasteiger partial charge in [0.15, 0.2) is 0 Å². The number of hydrogen-bond acceptors (Lipinski definition) is 2. The van der Waals surface area contributed by atoms with Crippen molar-refractivity contribution in [2.75, 3.05) is 0 Å². The van der Waals surface area contributed by atoms with Gasteiger partial charge < -0.3 is 10.2 Å². The molecule has 15 heavy (non-hydrogen) atoms. The molecule has 1 aromatic rings. The van der Waals surface area contributed by atoms with Gasteiger partial charge in [0.25, 0.3) is 0 Å². The molecule has 82 valence electrons. The summed E-state index contributed by atoms with van der Waals surface area (Å²) in [7, 11) is 0. The van der Waals surface area contributed by atoms with E-state index in [0.29, 0.717) is 12.8 Å². The molecule has 3 nitrogen and oxygen atoms in total. The van der Waals surface area contributed by atoms with Crippen LogP contribution in [0.4, 0.5) is 0 Å². The Morgan fingerprint density at radius 2 is 1.93 bits per heavy atom. The number of benzene rings is 1. The molecule has 0 amide bonds. The predicted octanol–water partition coefficient (Wildman–Crippen LogP) is 2.22. The van der Waals surface area contributed by atoms with E-state index in [2.05, 4.69) is 15.9 Å². The van der Waals surface area contributed by atoms with Crippen LogP contribution >= 0.6 is 15.9 Å². The highest BCUT2D eigenvalue weighted by Gasteiger charge is 2.09. The fourth-order valence-electron chi connectivity index (χ4n) is 1.29. The van der Waals surface area contributed by atoms with Crippen molar-refractivity contribution in [3.8, 4) is 0 Å². The van der Waals surface area contributed by atoms with Gasteiger partial charge in [0.2, 0.25) is 0 Å². The summed E-state index contributed by atoms with van der Waals surface area (Å²) in [6.45, 7) is 0. The van der Waals surface area contributed by atoms with Gasteiger partial charge in [-0.15, -0.1) is 0 Å². The summed E-state index contributed by atoms with van der Waals surface area (Å²) >= 11 is 3.33. The maximum Gasteiger partial charge on any atom is 0.305 e. The van der Waals surface area contributed by atoms with Gasteiger partial charge in [-0.2, -0.15) is 0 Å². The SMILES string of the molecule is O=C(O)C[C@@H](O)CCc1ccc(Br)cc1. The molecule has 1 aromatic carbocycles. The van der Waals surface area contributed by atoms with Gasteiger partial charge in [-0.1, -0.05) is 28.1 Å². The minimum Gasteiger partial charge on any atom is -0.481 e. The summed E-state index contributed by atoms with van der Waals surface area (Å²) in [4.78, 5) is 10.3. The quantitative estimate of drug-likeness (QED) is 0.864. The molecule has 1 atom stereocenters. The molecule has 2 N–H and O–H groups in total. The average Bonchev–Trinajstić information content (AvgIpc) is 2.16. The molecule has 1 rings (SSSR count). The lowest BCUT2D eigenvalue weighted by Gasteiger charge is -2.07. The van der Waals surface area contributed by atoms with E-state index in [1.807, 2.05) is 24.3 Å². The van der Waals surface area contributed by atoms with Crippen LogP contribution < -0.4 is 0 Å². The Morgan fingerprint density at radius 3 is 2.47 bits per heavy atom. The molecule has 0 heterocycles. The van der Waals surface area contributed by atoms with E-state index in [1.165, 1.54) is 0 Å². The minimum absolute atomic E-state index is 0.184. The highest BCUT2D eigenvalue weighted by Crippen LogP contribution is 2.13. The number of carbonyl (C=O) groups is 1. The normalized spacial score (nSPS) is 12.4. The molecular formula is C11H13BrO3. The van der Waals surface area contributed by atoms with Crippen LogP contribution in [0.3, 0.4) is 0 Å². The molecule has 0 fully saturated rings. The molecule has 0 aliphatic heterocycles. The summed E-state index contributed by atoms with van der Waals surface area (Å²) < 4.78 is 1.01. The van der Waals surface area contributed by atoms with Gasteiger partial charge in [-0.05, 0) is 30.5 Å². The van der Waals surface area contributed by atoms with Crippen molar-refractivity contribution >= 4 is 21.9 Å². The van der Waals surface area contributed by atoms with Gasteiger partial charge in [-0.3, -0.25) is 4.79 Å². The molecule has 4 heteroatoms. The molecule has 0 aromatic heterocycles. The molecule has 0 saturated heterocycles. The lowest BCUT2D eigenvalue weighted by molar-refractivity contribution is -0.139. The van der Waals surface area contributed by atoms with Crippen LogP contribution in [-0.2, 0) is 11.2 Å². The van der Waals surface area contributed by atoms with Crippen LogP contribution in [0.15, 0.2) is 28.7 Å². The zero-order chi connectivity index (χ0) is 11.3. The van der Waals surface area contributed by atoms with Crippen LogP contribution in [0.25, 0.3) is 0 Å². The molecular weight excluding hydrogens is 260 g/mol. The monoisotopic (exact) mass is 272 g/mol. The fraction of sp³-hybridized carbons (Fsp3) is 0.364. The van der Waals surface area contributed by atoms with Crippen molar-refractivity contribution < 1.29 is 15.0 Å². The highest BCUT2D eigenvalue weighted by molar-refractivity contribution is 9.10. The molecule has 0 spiro atoms. The van der Waals surface area contributed by atoms with E-state index < -0.39 is 12.1 Å². The largest absolute Gasteiger partial charge is 0.481 e. The van der Waals surface area contributed by atoms with Crippen LogP contribution in [-0.4, -0.2) is 22.3 Å². The number of aliphatic hydroxyl groups is 1. The Bertz CT molecular complexity index is 321. The molecule has 0 bridgehead atoms. The van der Waals surface area contributed by atoms with Crippen molar-refractivity contribution in [2.24, 2.45) is 0 Å². The maximum atomic E-state index is 10.3. The van der Waals surface area contributed by atoms with E-state index in [4.69, 9.17) is 5.11 Å². The summed E-state index contributed by atoms with van der Waals surface area (Å²) in [6.07, 6.45) is 0.234. The molecule has 0 aliphatic rings. The Hall–Kier alpha value is -0.870. The van der Waals surface area contributed by atoms with Crippen LogP contribution in [0, 0.1) is 0 Å². The zero-order valence-electron chi connectivity index (χ0n) is 8.19. The number of halogens is 1. The third-order valence-electron chi connectivity index (χ3n) is 2.09. The Kier molecular flexibility index (Phi) is 4.78. The van der Waals surface area contributed by atoms with E-state index in [9.17, 15) is 9.90 Å². The second-order valence-corrected chi connectivity index (χ2v) is 4.33. The van der Waals surface area contributed by atoms with Crippen molar-refractivity contribution in [1.82, 2.24) is 0 Å². The van der Waals surface area contributed by atoms with Crippen molar-refractivity contribution in [3.63, 3.8) is 0 Å². The second-order valence-electron chi connectivity index (χ2n) is 3.42. The number of hydrogen-bond donors (Lipinski definition) is 2. The lowest BCUT2D eigenvalue weighted by atomic mass is 10.1. The Morgan fingerprint density at radius 1 is 1.33 bits per heavy atom. The van der Waals surface area contributed by atoms with Gasteiger partial charge >= 0.3 is 5.97 Å². The first-order valence-electron chi connectivity index (χ1n) is 4.72. The predicted molar refractivity (Wildman–Crippen MR) is 60.7 cm³/mol. The number of aliphatic carboxylic acids is 1. The third-order valence-corrected chi connectivity index (χ3v) is 2.62. The average molecular weight is 273 g/mol. The van der Waals surface area contributed by atoms with Gasteiger partial charge in [0.05, 0.1) is 12.5 Å². The van der Waals surface area contributed by atoms with Crippen LogP contribution in [0.1, 0.15) is 18.4 Å². The second kappa shape index (κ2) is 5.88. The fourth-order valence-corrected chi connectivity index (χ4v) is 1.55. The number of aryl methyl sites for hydroxylation is 1. The van der Waals surface area contributed by atoms with E-state index in [-0.39, 0.29) is 6.42 Å². The van der Waals surface area contributed by atoms with Crippen LogP contribution in [0.2, 0.25) is 0 Å². The van der Waals surface area contributed by atoms with Crippen molar-refractivity contribution in [2.45, 2.75) is 25.4 Å². The number of aliphatic hydroxyl groups excluding tert-OH is 1. The number of carboxylic acids is 1. The first kappa shape index (κ1) is 12.2. The molecule has 0 radical (unpaired) electrons. The lowest BCUT2D eigenvalue weighted by Crippen LogP contribution is -2.13. The first-order chi connectivity index (χ1) is 7.08. The summed E-state index contributed by atoms with van der Waals surface area (Å²) in [5, 5.41) is 17.8. The topological polar surface area (TPSA) is 57.5 Å². The van der Waals surface area contributed by atoms with Crippen molar-refractivity contribution in [3.05, 3.63) is 34.3 Å². The minimum atomic E-state index is -0.960. The number of carboxylic acid groups (broad SMARTS) is 1. The Labute approximate surface area is 96.9 Å². The molecule has 0 unspecified atom stereocenters. The maximum absolute atomic E-state index is 10.3. The van der Waals surface area contributed by atoms with Gasteiger partial charge in [-0.25, -0.2) is 0 Å². The molecule has 0 saturated carbocycles. The highest BCUT2D eigenvalue weighted by atomic mass is 79.9. The third kappa shape index (κ3) is 4.95. The smallest absolute Gasteiger partial charge is 0.305 e. The summed E-state index contributed by atoms with van der Waals surface area (Å²) in [5.41, 5.74) is 1.10.